The normalized spacial score (nSPS) is 15.5. The number of carboxylic acid groups (broad SMARTS) is 1. The van der Waals surface area contributed by atoms with Crippen molar-refractivity contribution in [2.24, 2.45) is 5.92 Å². The number of carboxylic acids is 1. The molecule has 0 rings (SSSR count). The Bertz CT molecular complexity index is 326. The Kier molecular flexibility index (Phi) is 15.1. The van der Waals surface area contributed by atoms with E-state index < -0.39 is 18.2 Å². The maximum absolute atomic E-state index is 10.6. The average molecular weight is 343 g/mol. The van der Waals surface area contributed by atoms with E-state index in [2.05, 4.69) is 19.1 Å². The van der Waals surface area contributed by atoms with Crippen molar-refractivity contribution in [1.82, 2.24) is 0 Å². The first-order valence-corrected chi connectivity index (χ1v) is 9.70. The zero-order valence-corrected chi connectivity index (χ0v) is 15.6. The topological polar surface area (TPSA) is 77.8 Å². The van der Waals surface area contributed by atoms with Gasteiger partial charge in [-0.1, -0.05) is 44.8 Å². The molecule has 0 aliphatic rings. The summed E-state index contributed by atoms with van der Waals surface area (Å²) >= 11 is 0. The Balaban J connectivity index is 3.97. The van der Waals surface area contributed by atoms with Crippen LogP contribution in [0.3, 0.4) is 0 Å². The highest BCUT2D eigenvalue weighted by molar-refractivity contribution is 5.66. The molecule has 0 aliphatic carbocycles. The molecule has 0 saturated carbocycles. The lowest BCUT2D eigenvalue weighted by atomic mass is 9.89. The lowest BCUT2D eigenvalue weighted by Crippen LogP contribution is -2.25. The molecule has 0 radical (unpaired) electrons. The largest absolute Gasteiger partial charge is 0.481 e. The molecule has 0 aliphatic heterocycles. The van der Waals surface area contributed by atoms with Gasteiger partial charge in [-0.15, -0.1) is 0 Å². The van der Waals surface area contributed by atoms with Crippen molar-refractivity contribution in [3.63, 3.8) is 0 Å². The summed E-state index contributed by atoms with van der Waals surface area (Å²) in [6, 6.07) is 0. The number of aliphatic hydroxyl groups excluding tert-OH is 2. The second-order valence-electron chi connectivity index (χ2n) is 6.95. The molecule has 142 valence electrons. The number of aliphatic carboxylic acids is 1. The van der Waals surface area contributed by atoms with Crippen LogP contribution in [0.2, 0.25) is 0 Å². The summed E-state index contributed by atoms with van der Waals surface area (Å²) in [6.45, 7) is 3.82. The van der Waals surface area contributed by atoms with Gasteiger partial charge in [-0.2, -0.15) is 0 Å². The molecule has 3 N–H and O–H groups in total. The minimum atomic E-state index is -0.768. The van der Waals surface area contributed by atoms with E-state index in [0.29, 0.717) is 12.8 Å². The summed E-state index contributed by atoms with van der Waals surface area (Å²) in [5.74, 6) is -0.484. The molecule has 4 nitrogen and oxygen atoms in total. The summed E-state index contributed by atoms with van der Waals surface area (Å²) in [5.41, 5.74) is 0. The number of hydrogen-bond acceptors (Lipinski definition) is 3. The number of aliphatic hydroxyl groups is 2. The molecule has 3 atom stereocenters. The predicted octanol–water partition coefficient (Wildman–Crippen LogP) is 4.69. The van der Waals surface area contributed by atoms with Gasteiger partial charge in [-0.25, -0.2) is 0 Å². The van der Waals surface area contributed by atoms with Gasteiger partial charge in [0.1, 0.15) is 0 Å². The fraction of sp³-hybridized carbons (Fsp3) is 0.850. The molecular weight excluding hydrogens is 304 g/mol. The van der Waals surface area contributed by atoms with E-state index in [0.717, 1.165) is 32.1 Å². The molecule has 0 aromatic heterocycles. The molecule has 0 unspecified atom stereocenters. The first-order chi connectivity index (χ1) is 11.5. The molecule has 0 amide bonds. The Morgan fingerprint density at radius 3 is 2.17 bits per heavy atom. The minimum Gasteiger partial charge on any atom is -0.481 e. The van der Waals surface area contributed by atoms with Crippen LogP contribution in [-0.4, -0.2) is 33.5 Å². The van der Waals surface area contributed by atoms with Gasteiger partial charge in [0.05, 0.1) is 12.2 Å². The fourth-order valence-electron chi connectivity index (χ4n) is 2.91. The van der Waals surface area contributed by atoms with Crippen LogP contribution in [0, 0.1) is 5.92 Å². The van der Waals surface area contributed by atoms with Crippen molar-refractivity contribution in [3.8, 4) is 0 Å². The van der Waals surface area contributed by atoms with Gasteiger partial charge in [0.25, 0.3) is 0 Å². The van der Waals surface area contributed by atoms with Crippen LogP contribution in [0.1, 0.15) is 90.9 Å². The monoisotopic (exact) mass is 342 g/mol. The summed E-state index contributed by atoms with van der Waals surface area (Å²) in [5, 5.41) is 28.1. The average Bonchev–Trinajstić information content (AvgIpc) is 2.52. The Hall–Kier alpha value is -0.870. The number of unbranched alkanes of at least 4 members (excludes halogenated alkanes) is 5. The molecule has 0 fully saturated rings. The first kappa shape index (κ1) is 23.1. The van der Waals surface area contributed by atoms with Gasteiger partial charge in [-0.3, -0.25) is 4.79 Å². The van der Waals surface area contributed by atoms with Crippen molar-refractivity contribution < 1.29 is 20.1 Å². The van der Waals surface area contributed by atoms with Crippen LogP contribution in [0.15, 0.2) is 12.2 Å². The van der Waals surface area contributed by atoms with Crippen LogP contribution in [0.5, 0.6) is 0 Å². The van der Waals surface area contributed by atoms with Crippen molar-refractivity contribution in [2.45, 2.75) is 103 Å². The highest BCUT2D eigenvalue weighted by Gasteiger charge is 2.18. The van der Waals surface area contributed by atoms with Crippen LogP contribution >= 0.6 is 0 Å². The number of carbonyl (C=O) groups is 1. The highest BCUT2D eigenvalue weighted by Crippen LogP contribution is 2.23. The second kappa shape index (κ2) is 15.6. The standard InChI is InChI=1S/C20H38O4/c1-3-4-5-6-7-8-9-10-11-13-18(14-12-15-20(23)24)16-19(22)17(2)21/h8-9,17-19,21-22H,3-7,10-16H2,1-2H3,(H,23,24)/b9-8-/t17-,18+,19-/m0/s1. The molecule has 0 spiro atoms. The van der Waals surface area contributed by atoms with E-state index in [9.17, 15) is 15.0 Å². The Morgan fingerprint density at radius 2 is 1.58 bits per heavy atom. The summed E-state index contributed by atoms with van der Waals surface area (Å²) in [4.78, 5) is 10.6. The molecule has 24 heavy (non-hydrogen) atoms. The number of allylic oxidation sites excluding steroid dienone is 2. The zero-order valence-electron chi connectivity index (χ0n) is 15.6. The van der Waals surface area contributed by atoms with Crippen LogP contribution < -0.4 is 0 Å². The van der Waals surface area contributed by atoms with E-state index in [1.165, 1.54) is 25.7 Å². The maximum atomic E-state index is 10.6. The molecule has 0 aromatic rings. The van der Waals surface area contributed by atoms with Gasteiger partial charge < -0.3 is 15.3 Å². The SMILES string of the molecule is CCCCCC/C=C\CCC[C@H](CCCC(=O)O)C[C@H](O)[C@H](C)O. The Morgan fingerprint density at radius 1 is 0.958 bits per heavy atom. The second-order valence-corrected chi connectivity index (χ2v) is 6.95. The molecule has 0 saturated heterocycles. The van der Waals surface area contributed by atoms with Crippen molar-refractivity contribution >= 4 is 5.97 Å². The third-order valence-corrected chi connectivity index (χ3v) is 4.51. The first-order valence-electron chi connectivity index (χ1n) is 9.70. The number of hydrogen-bond donors (Lipinski definition) is 3. The Labute approximate surface area is 148 Å². The van der Waals surface area contributed by atoms with Gasteiger partial charge in [0.2, 0.25) is 0 Å². The third-order valence-electron chi connectivity index (χ3n) is 4.51. The summed E-state index contributed by atoms with van der Waals surface area (Å²) in [6.07, 6.45) is 14.6. The van der Waals surface area contributed by atoms with Crippen molar-refractivity contribution in [2.75, 3.05) is 0 Å². The molecule has 0 aromatic carbocycles. The minimum absolute atomic E-state index is 0.180. The quantitative estimate of drug-likeness (QED) is 0.281. The smallest absolute Gasteiger partial charge is 0.303 e. The number of rotatable bonds is 16. The third kappa shape index (κ3) is 14.7. The van der Waals surface area contributed by atoms with Gasteiger partial charge >= 0.3 is 5.97 Å². The van der Waals surface area contributed by atoms with Gasteiger partial charge in [-0.05, 0) is 57.8 Å². The van der Waals surface area contributed by atoms with Crippen molar-refractivity contribution in [3.05, 3.63) is 12.2 Å². The van der Waals surface area contributed by atoms with E-state index >= 15 is 0 Å². The van der Waals surface area contributed by atoms with Gasteiger partial charge in [0.15, 0.2) is 0 Å². The molecule has 4 heteroatoms. The van der Waals surface area contributed by atoms with E-state index in [-0.39, 0.29) is 12.3 Å². The van der Waals surface area contributed by atoms with Gasteiger partial charge in [0, 0.05) is 6.42 Å². The van der Waals surface area contributed by atoms with Crippen LogP contribution in [-0.2, 0) is 4.79 Å². The van der Waals surface area contributed by atoms with Crippen LogP contribution in [0.4, 0.5) is 0 Å². The molecular formula is C20H38O4. The van der Waals surface area contributed by atoms with E-state index in [4.69, 9.17) is 5.11 Å². The lowest BCUT2D eigenvalue weighted by molar-refractivity contribution is -0.137. The fourth-order valence-corrected chi connectivity index (χ4v) is 2.91. The van der Waals surface area contributed by atoms with Crippen LogP contribution in [0.25, 0.3) is 0 Å². The predicted molar refractivity (Wildman–Crippen MR) is 99.0 cm³/mol. The van der Waals surface area contributed by atoms with E-state index in [1.807, 2.05) is 0 Å². The lowest BCUT2D eigenvalue weighted by Gasteiger charge is -2.21. The zero-order chi connectivity index (χ0) is 18.2. The molecule has 0 bridgehead atoms. The molecule has 0 heterocycles. The van der Waals surface area contributed by atoms with E-state index in [1.54, 1.807) is 6.92 Å². The summed E-state index contributed by atoms with van der Waals surface area (Å²) < 4.78 is 0. The maximum Gasteiger partial charge on any atom is 0.303 e. The van der Waals surface area contributed by atoms with Crippen molar-refractivity contribution in [1.29, 1.82) is 0 Å². The highest BCUT2D eigenvalue weighted by atomic mass is 16.4. The summed E-state index contributed by atoms with van der Waals surface area (Å²) in [7, 11) is 0.